The molecule has 1 rings (SSSR count). The molecule has 4 nitrogen and oxygen atoms in total. The van der Waals surface area contributed by atoms with E-state index < -0.39 is 0 Å². The van der Waals surface area contributed by atoms with E-state index in [1.165, 1.54) is 0 Å². The third-order valence-electron chi connectivity index (χ3n) is 2.45. The predicted octanol–water partition coefficient (Wildman–Crippen LogP) is 1.03. The maximum atomic E-state index is 5.84. The van der Waals surface area contributed by atoms with Crippen LogP contribution in [0.25, 0.3) is 0 Å². The standard InChI is InChI=1S/C11H20N4/c1-5-9-8(2)11(12)14-10(13-9)6-7-15(3)4/h5-7H2,1-4H3,(H2,12,13,14). The van der Waals surface area contributed by atoms with Crippen LogP contribution < -0.4 is 5.73 Å². The molecule has 0 unspecified atom stereocenters. The maximum absolute atomic E-state index is 5.84. The van der Waals surface area contributed by atoms with Gasteiger partial charge >= 0.3 is 0 Å². The fourth-order valence-electron chi connectivity index (χ4n) is 1.41. The van der Waals surface area contributed by atoms with Gasteiger partial charge in [0.1, 0.15) is 11.6 Å². The van der Waals surface area contributed by atoms with Crippen molar-refractivity contribution in [1.29, 1.82) is 0 Å². The van der Waals surface area contributed by atoms with Gasteiger partial charge in [-0.2, -0.15) is 0 Å². The molecule has 0 spiro atoms. The minimum atomic E-state index is 0.621. The Morgan fingerprint density at radius 2 is 1.93 bits per heavy atom. The molecule has 0 saturated heterocycles. The fraction of sp³-hybridized carbons (Fsp3) is 0.636. The third kappa shape index (κ3) is 3.16. The molecular weight excluding hydrogens is 188 g/mol. The molecule has 0 aliphatic carbocycles. The van der Waals surface area contributed by atoms with Gasteiger partial charge in [0.25, 0.3) is 0 Å². The zero-order valence-electron chi connectivity index (χ0n) is 10.0. The number of nitrogen functional groups attached to an aromatic ring is 1. The van der Waals surface area contributed by atoms with Crippen LogP contribution in [0.4, 0.5) is 5.82 Å². The SMILES string of the molecule is CCc1nc(CCN(C)C)nc(N)c1C. The second-order valence-electron chi connectivity index (χ2n) is 4.00. The maximum Gasteiger partial charge on any atom is 0.132 e. The van der Waals surface area contributed by atoms with E-state index in [0.717, 1.165) is 36.5 Å². The molecule has 1 heterocycles. The molecule has 0 aliphatic rings. The highest BCUT2D eigenvalue weighted by atomic mass is 15.1. The highest BCUT2D eigenvalue weighted by molar-refractivity contribution is 5.41. The summed E-state index contributed by atoms with van der Waals surface area (Å²) in [6.07, 6.45) is 1.76. The van der Waals surface area contributed by atoms with Crippen molar-refractivity contribution in [2.45, 2.75) is 26.7 Å². The van der Waals surface area contributed by atoms with Crippen LogP contribution in [0, 0.1) is 6.92 Å². The summed E-state index contributed by atoms with van der Waals surface area (Å²) < 4.78 is 0. The molecule has 2 N–H and O–H groups in total. The van der Waals surface area contributed by atoms with Crippen LogP contribution in [0.2, 0.25) is 0 Å². The minimum absolute atomic E-state index is 0.621. The minimum Gasteiger partial charge on any atom is -0.383 e. The van der Waals surface area contributed by atoms with Crippen LogP contribution in [0.3, 0.4) is 0 Å². The van der Waals surface area contributed by atoms with Crippen LogP contribution in [0.1, 0.15) is 24.0 Å². The fourth-order valence-corrected chi connectivity index (χ4v) is 1.41. The number of anilines is 1. The van der Waals surface area contributed by atoms with Crippen LogP contribution >= 0.6 is 0 Å². The summed E-state index contributed by atoms with van der Waals surface area (Å²) in [5, 5.41) is 0. The number of aryl methyl sites for hydroxylation is 1. The summed E-state index contributed by atoms with van der Waals surface area (Å²) >= 11 is 0. The zero-order valence-corrected chi connectivity index (χ0v) is 10.0. The number of nitrogens with zero attached hydrogens (tertiary/aromatic N) is 3. The molecule has 0 radical (unpaired) electrons. The summed E-state index contributed by atoms with van der Waals surface area (Å²) in [6.45, 7) is 5.01. The van der Waals surface area contributed by atoms with Gasteiger partial charge in [-0.3, -0.25) is 0 Å². The third-order valence-corrected chi connectivity index (χ3v) is 2.45. The van der Waals surface area contributed by atoms with E-state index in [-0.39, 0.29) is 0 Å². The average molecular weight is 208 g/mol. The van der Waals surface area contributed by atoms with Gasteiger partial charge in [0.2, 0.25) is 0 Å². The number of nitrogens with two attached hydrogens (primary N) is 1. The summed E-state index contributed by atoms with van der Waals surface area (Å²) in [6, 6.07) is 0. The van der Waals surface area contributed by atoms with Gasteiger partial charge in [0.15, 0.2) is 0 Å². The van der Waals surface area contributed by atoms with Gasteiger partial charge in [-0.05, 0) is 27.4 Å². The predicted molar refractivity (Wildman–Crippen MR) is 62.8 cm³/mol. The highest BCUT2D eigenvalue weighted by Crippen LogP contribution is 2.12. The lowest BCUT2D eigenvalue weighted by Gasteiger charge is -2.11. The van der Waals surface area contributed by atoms with Crippen molar-refractivity contribution < 1.29 is 0 Å². The van der Waals surface area contributed by atoms with Crippen molar-refractivity contribution >= 4 is 5.82 Å². The Bertz CT molecular complexity index is 334. The summed E-state index contributed by atoms with van der Waals surface area (Å²) in [7, 11) is 4.08. The van der Waals surface area contributed by atoms with Crippen LogP contribution in [-0.4, -0.2) is 35.5 Å². The first kappa shape index (κ1) is 11.9. The van der Waals surface area contributed by atoms with Crippen molar-refractivity contribution in [2.75, 3.05) is 26.4 Å². The quantitative estimate of drug-likeness (QED) is 0.803. The van der Waals surface area contributed by atoms with Crippen molar-refractivity contribution in [3.63, 3.8) is 0 Å². The van der Waals surface area contributed by atoms with E-state index >= 15 is 0 Å². The molecule has 84 valence electrons. The van der Waals surface area contributed by atoms with E-state index in [1.54, 1.807) is 0 Å². The van der Waals surface area contributed by atoms with Gasteiger partial charge in [-0.25, -0.2) is 9.97 Å². The molecular formula is C11H20N4. The molecule has 15 heavy (non-hydrogen) atoms. The lowest BCUT2D eigenvalue weighted by molar-refractivity contribution is 0.409. The van der Waals surface area contributed by atoms with Crippen molar-refractivity contribution in [3.05, 3.63) is 17.1 Å². The van der Waals surface area contributed by atoms with Gasteiger partial charge in [-0.15, -0.1) is 0 Å². The Kier molecular flexibility index (Phi) is 4.03. The van der Waals surface area contributed by atoms with Crippen LogP contribution in [-0.2, 0) is 12.8 Å². The molecule has 0 amide bonds. The largest absolute Gasteiger partial charge is 0.383 e. The highest BCUT2D eigenvalue weighted by Gasteiger charge is 2.07. The van der Waals surface area contributed by atoms with Crippen LogP contribution in [0.5, 0.6) is 0 Å². The van der Waals surface area contributed by atoms with Gasteiger partial charge in [0, 0.05) is 24.2 Å². The second-order valence-corrected chi connectivity index (χ2v) is 4.00. The van der Waals surface area contributed by atoms with E-state index in [9.17, 15) is 0 Å². The van der Waals surface area contributed by atoms with E-state index in [4.69, 9.17) is 5.73 Å². The van der Waals surface area contributed by atoms with E-state index in [1.807, 2.05) is 21.0 Å². The number of likely N-dealkylation sites (N-methyl/N-ethyl adjacent to an activating group) is 1. The molecule has 0 fully saturated rings. The zero-order chi connectivity index (χ0) is 11.4. The Labute approximate surface area is 91.5 Å². The first-order valence-corrected chi connectivity index (χ1v) is 5.31. The second kappa shape index (κ2) is 5.07. The number of hydrogen-bond acceptors (Lipinski definition) is 4. The van der Waals surface area contributed by atoms with Crippen molar-refractivity contribution in [3.8, 4) is 0 Å². The number of rotatable bonds is 4. The smallest absolute Gasteiger partial charge is 0.132 e. The van der Waals surface area contributed by atoms with Crippen molar-refractivity contribution in [1.82, 2.24) is 14.9 Å². The van der Waals surface area contributed by atoms with Gasteiger partial charge in [0.05, 0.1) is 0 Å². The molecule has 0 bridgehead atoms. The first-order chi connectivity index (χ1) is 7.04. The molecule has 0 aromatic carbocycles. The molecule has 0 atom stereocenters. The summed E-state index contributed by atoms with van der Waals surface area (Å²) in [5.41, 5.74) is 7.92. The van der Waals surface area contributed by atoms with Gasteiger partial charge in [-0.1, -0.05) is 6.92 Å². The summed E-state index contributed by atoms with van der Waals surface area (Å²) in [4.78, 5) is 10.9. The molecule has 4 heteroatoms. The van der Waals surface area contributed by atoms with Crippen LogP contribution in [0.15, 0.2) is 0 Å². The number of hydrogen-bond donors (Lipinski definition) is 1. The van der Waals surface area contributed by atoms with Gasteiger partial charge < -0.3 is 10.6 Å². The molecule has 1 aromatic rings. The average Bonchev–Trinajstić information content (AvgIpc) is 2.19. The Morgan fingerprint density at radius 1 is 1.27 bits per heavy atom. The normalized spacial score (nSPS) is 11.0. The van der Waals surface area contributed by atoms with E-state index in [2.05, 4.69) is 21.8 Å². The Balaban J connectivity index is 2.86. The first-order valence-electron chi connectivity index (χ1n) is 5.31. The topological polar surface area (TPSA) is 55.0 Å². The van der Waals surface area contributed by atoms with E-state index in [0.29, 0.717) is 5.82 Å². The Morgan fingerprint density at radius 3 is 2.47 bits per heavy atom. The van der Waals surface area contributed by atoms with Crippen molar-refractivity contribution in [2.24, 2.45) is 0 Å². The lowest BCUT2D eigenvalue weighted by atomic mass is 10.2. The lowest BCUT2D eigenvalue weighted by Crippen LogP contribution is -2.17. The molecule has 0 saturated carbocycles. The molecule has 0 aliphatic heterocycles. The Hall–Kier alpha value is -1.16. The monoisotopic (exact) mass is 208 g/mol. The summed E-state index contributed by atoms with van der Waals surface area (Å²) in [5.74, 6) is 1.47. The number of aromatic nitrogens is 2. The molecule has 1 aromatic heterocycles.